The smallest absolute Gasteiger partial charge is 0.417 e. The van der Waals surface area contributed by atoms with Gasteiger partial charge in [-0.15, -0.1) is 0 Å². The molecule has 152 valence electrons. The first-order valence-corrected chi connectivity index (χ1v) is 8.34. The highest BCUT2D eigenvalue weighted by atomic mass is 19.4. The standard InChI is InChI=1S/C20H16F3NO5/c1-10(25)29-19-17(11-6-4-5-7-13(11)20(21,22)23)24-14-9-16(28-3)15(27-2)8-12(14)18(19)26/h4-9H,1-3H3,(H,24,26). The fourth-order valence-corrected chi connectivity index (χ4v) is 2.98. The van der Waals surface area contributed by atoms with Crippen molar-refractivity contribution in [1.29, 1.82) is 0 Å². The van der Waals surface area contributed by atoms with Crippen LogP contribution in [0, 0.1) is 0 Å². The number of aromatic amines is 1. The third kappa shape index (κ3) is 3.75. The van der Waals surface area contributed by atoms with E-state index in [0.717, 1.165) is 13.0 Å². The average Bonchev–Trinajstić information content (AvgIpc) is 2.68. The minimum absolute atomic E-state index is 0.0622. The number of rotatable bonds is 4. The van der Waals surface area contributed by atoms with Crippen LogP contribution in [0.4, 0.5) is 13.2 Å². The summed E-state index contributed by atoms with van der Waals surface area (Å²) in [4.78, 5) is 27.3. The zero-order valence-electron chi connectivity index (χ0n) is 15.6. The number of pyridine rings is 1. The van der Waals surface area contributed by atoms with Crippen LogP contribution in [0.5, 0.6) is 17.2 Å². The molecule has 0 fully saturated rings. The molecule has 0 atom stereocenters. The zero-order valence-corrected chi connectivity index (χ0v) is 15.6. The molecule has 9 heteroatoms. The lowest BCUT2D eigenvalue weighted by Gasteiger charge is -2.17. The molecule has 1 heterocycles. The van der Waals surface area contributed by atoms with Gasteiger partial charge in [-0.3, -0.25) is 9.59 Å². The maximum absolute atomic E-state index is 13.5. The number of H-pyrrole nitrogens is 1. The van der Waals surface area contributed by atoms with Gasteiger partial charge in [0.1, 0.15) is 0 Å². The topological polar surface area (TPSA) is 77.6 Å². The third-order valence-corrected chi connectivity index (χ3v) is 4.21. The average molecular weight is 407 g/mol. The van der Waals surface area contributed by atoms with Gasteiger partial charge in [0.2, 0.25) is 11.2 Å². The number of carbonyl (C=O) groups excluding carboxylic acids is 1. The Balaban J connectivity index is 2.43. The van der Waals surface area contributed by atoms with Crippen LogP contribution in [0.15, 0.2) is 41.2 Å². The van der Waals surface area contributed by atoms with Crippen LogP contribution < -0.4 is 19.6 Å². The Labute approximate surface area is 162 Å². The van der Waals surface area contributed by atoms with Crippen LogP contribution in [-0.2, 0) is 11.0 Å². The van der Waals surface area contributed by atoms with Gasteiger partial charge in [-0.2, -0.15) is 13.2 Å². The predicted octanol–water partition coefficient (Wildman–Crippen LogP) is 4.16. The number of ether oxygens (including phenoxy) is 3. The Morgan fingerprint density at radius 2 is 1.66 bits per heavy atom. The van der Waals surface area contributed by atoms with Gasteiger partial charge in [0.05, 0.1) is 36.4 Å². The number of halogens is 3. The number of benzene rings is 2. The lowest BCUT2D eigenvalue weighted by Crippen LogP contribution is -2.16. The number of hydrogen-bond donors (Lipinski definition) is 1. The van der Waals surface area contributed by atoms with E-state index in [-0.39, 0.29) is 33.7 Å². The highest BCUT2D eigenvalue weighted by Gasteiger charge is 2.35. The number of hydrogen-bond acceptors (Lipinski definition) is 5. The zero-order chi connectivity index (χ0) is 21.3. The van der Waals surface area contributed by atoms with Crippen LogP contribution in [0.1, 0.15) is 12.5 Å². The molecule has 6 nitrogen and oxygen atoms in total. The van der Waals surface area contributed by atoms with Crippen LogP contribution in [-0.4, -0.2) is 25.2 Å². The molecule has 0 spiro atoms. The van der Waals surface area contributed by atoms with Crippen molar-refractivity contribution in [2.24, 2.45) is 0 Å². The van der Waals surface area contributed by atoms with Crippen LogP contribution in [0.2, 0.25) is 0 Å². The van der Waals surface area contributed by atoms with Crippen LogP contribution in [0.3, 0.4) is 0 Å². The summed E-state index contributed by atoms with van der Waals surface area (Å²) in [5, 5.41) is 0.0622. The first kappa shape index (κ1) is 20.2. The Kier molecular flexibility index (Phi) is 5.23. The summed E-state index contributed by atoms with van der Waals surface area (Å²) in [5.41, 5.74) is -2.15. The highest BCUT2D eigenvalue weighted by molar-refractivity contribution is 5.89. The number of carbonyl (C=O) groups is 1. The van der Waals surface area contributed by atoms with E-state index in [2.05, 4.69) is 4.98 Å². The SMILES string of the molecule is COc1cc2[nH]c(-c3ccccc3C(F)(F)F)c(OC(C)=O)c(=O)c2cc1OC. The third-order valence-electron chi connectivity index (χ3n) is 4.21. The monoisotopic (exact) mass is 407 g/mol. The van der Waals surface area contributed by atoms with E-state index in [9.17, 15) is 22.8 Å². The van der Waals surface area contributed by atoms with Crippen LogP contribution >= 0.6 is 0 Å². The maximum atomic E-state index is 13.5. The second-order valence-corrected chi connectivity index (χ2v) is 6.05. The summed E-state index contributed by atoms with van der Waals surface area (Å²) >= 11 is 0. The Morgan fingerprint density at radius 1 is 1.03 bits per heavy atom. The van der Waals surface area contributed by atoms with Crippen molar-refractivity contribution in [2.75, 3.05) is 14.2 Å². The first-order valence-electron chi connectivity index (χ1n) is 8.34. The van der Waals surface area contributed by atoms with E-state index >= 15 is 0 Å². The maximum Gasteiger partial charge on any atom is 0.417 e. The van der Waals surface area contributed by atoms with Gasteiger partial charge < -0.3 is 19.2 Å². The van der Waals surface area contributed by atoms with Gasteiger partial charge in [0.15, 0.2) is 11.5 Å². The number of fused-ring (bicyclic) bond motifs is 1. The lowest BCUT2D eigenvalue weighted by atomic mass is 10.0. The molecule has 29 heavy (non-hydrogen) atoms. The lowest BCUT2D eigenvalue weighted by molar-refractivity contribution is -0.137. The summed E-state index contributed by atoms with van der Waals surface area (Å²) in [5.74, 6) is -0.872. The second-order valence-electron chi connectivity index (χ2n) is 6.05. The fourth-order valence-electron chi connectivity index (χ4n) is 2.98. The molecule has 0 aliphatic carbocycles. The fraction of sp³-hybridized carbons (Fsp3) is 0.200. The van der Waals surface area contributed by atoms with Gasteiger partial charge >= 0.3 is 12.1 Å². The van der Waals surface area contributed by atoms with Gasteiger partial charge in [-0.05, 0) is 12.1 Å². The molecule has 0 saturated heterocycles. The molecule has 0 aliphatic heterocycles. The molecule has 0 bridgehead atoms. The minimum Gasteiger partial charge on any atom is -0.493 e. The number of methoxy groups -OCH3 is 2. The van der Waals surface area contributed by atoms with E-state index in [4.69, 9.17) is 14.2 Å². The normalized spacial score (nSPS) is 11.4. The molecule has 0 unspecified atom stereocenters. The molecule has 3 aromatic rings. The largest absolute Gasteiger partial charge is 0.493 e. The second kappa shape index (κ2) is 7.50. The van der Waals surface area contributed by atoms with Crippen LogP contribution in [0.25, 0.3) is 22.2 Å². The van der Waals surface area contributed by atoms with Gasteiger partial charge in [0, 0.05) is 18.6 Å². The number of esters is 1. The molecule has 0 radical (unpaired) electrons. The summed E-state index contributed by atoms with van der Waals surface area (Å²) < 4.78 is 55.9. The molecular weight excluding hydrogens is 391 g/mol. The first-order chi connectivity index (χ1) is 13.7. The quantitative estimate of drug-likeness (QED) is 0.658. The van der Waals surface area contributed by atoms with Crippen molar-refractivity contribution >= 4 is 16.9 Å². The van der Waals surface area contributed by atoms with Crippen molar-refractivity contribution < 1.29 is 32.2 Å². The summed E-state index contributed by atoms with van der Waals surface area (Å²) in [7, 11) is 2.76. The van der Waals surface area contributed by atoms with Crippen molar-refractivity contribution in [3.8, 4) is 28.5 Å². The van der Waals surface area contributed by atoms with E-state index in [1.54, 1.807) is 0 Å². The van der Waals surface area contributed by atoms with E-state index in [0.29, 0.717) is 0 Å². The summed E-state index contributed by atoms with van der Waals surface area (Å²) in [6, 6.07) is 7.47. The molecule has 0 amide bonds. The van der Waals surface area contributed by atoms with E-state index in [1.165, 1.54) is 44.6 Å². The molecule has 0 aliphatic rings. The molecule has 3 rings (SSSR count). The Bertz CT molecular complexity index is 1150. The Morgan fingerprint density at radius 3 is 2.24 bits per heavy atom. The predicted molar refractivity (Wildman–Crippen MR) is 99.4 cm³/mol. The highest BCUT2D eigenvalue weighted by Crippen LogP contribution is 2.40. The van der Waals surface area contributed by atoms with Crippen molar-refractivity contribution in [3.63, 3.8) is 0 Å². The molecule has 2 aromatic carbocycles. The molecule has 0 saturated carbocycles. The minimum atomic E-state index is -4.69. The van der Waals surface area contributed by atoms with Crippen molar-refractivity contribution in [2.45, 2.75) is 13.1 Å². The Hall–Kier alpha value is -3.49. The van der Waals surface area contributed by atoms with E-state index < -0.39 is 28.9 Å². The van der Waals surface area contributed by atoms with Crippen molar-refractivity contribution in [1.82, 2.24) is 4.98 Å². The van der Waals surface area contributed by atoms with E-state index in [1.807, 2.05) is 0 Å². The molecular formula is C20H16F3NO5. The molecule has 1 aromatic heterocycles. The van der Waals surface area contributed by atoms with Gasteiger partial charge in [0.25, 0.3) is 0 Å². The van der Waals surface area contributed by atoms with Gasteiger partial charge in [-0.1, -0.05) is 18.2 Å². The number of alkyl halides is 3. The number of nitrogens with one attached hydrogen (secondary N) is 1. The van der Waals surface area contributed by atoms with Gasteiger partial charge in [-0.25, -0.2) is 0 Å². The molecule has 1 N–H and O–H groups in total. The summed E-state index contributed by atoms with van der Waals surface area (Å²) in [6.07, 6.45) is -4.69. The summed E-state index contributed by atoms with van der Waals surface area (Å²) in [6.45, 7) is 1.05. The number of aromatic nitrogens is 1. The van der Waals surface area contributed by atoms with Crippen molar-refractivity contribution in [3.05, 3.63) is 52.2 Å².